The Balaban J connectivity index is 3.25. The molecule has 20 heteroatoms. The summed E-state index contributed by atoms with van der Waals surface area (Å²) in [6.07, 6.45) is 1.20. The van der Waals surface area contributed by atoms with Crippen molar-refractivity contribution in [3.63, 3.8) is 0 Å². The third kappa shape index (κ3) is 17.6. The number of ether oxygens (including phenoxy) is 2. The lowest BCUT2D eigenvalue weighted by Gasteiger charge is -2.26. The van der Waals surface area contributed by atoms with Gasteiger partial charge in [-0.15, -0.1) is 0 Å². The van der Waals surface area contributed by atoms with Gasteiger partial charge in [0, 0.05) is 24.9 Å². The van der Waals surface area contributed by atoms with E-state index in [0.29, 0.717) is 5.69 Å². The Hall–Kier alpha value is -5.43. The van der Waals surface area contributed by atoms with E-state index in [-0.39, 0.29) is 44.1 Å². The molecule has 0 aliphatic heterocycles. The maximum absolute atomic E-state index is 13.6. The highest BCUT2D eigenvalue weighted by Gasteiger charge is 2.33. The zero-order valence-electron chi connectivity index (χ0n) is 29.2. The summed E-state index contributed by atoms with van der Waals surface area (Å²) in [7, 11) is 1.13. The molecule has 0 spiro atoms. The maximum Gasteiger partial charge on any atom is 0.408 e. The van der Waals surface area contributed by atoms with Crippen LogP contribution < -0.4 is 38.1 Å². The summed E-state index contributed by atoms with van der Waals surface area (Å²) in [4.78, 5) is 99.6. The van der Waals surface area contributed by atoms with E-state index in [4.69, 9.17) is 20.9 Å². The number of nitrogens with two attached hydrogens (primary N) is 2. The third-order valence-electron chi connectivity index (χ3n) is 6.52. The lowest BCUT2D eigenvalue weighted by Crippen LogP contribution is -2.59. The van der Waals surface area contributed by atoms with E-state index in [2.05, 4.69) is 41.5 Å². The van der Waals surface area contributed by atoms with Crippen molar-refractivity contribution in [2.45, 2.75) is 96.5 Å². The molecule has 0 radical (unpaired) electrons. The average Bonchev–Trinajstić information content (AvgIpc) is 3.51. The van der Waals surface area contributed by atoms with Gasteiger partial charge >= 0.3 is 18.0 Å². The fourth-order valence-corrected chi connectivity index (χ4v) is 4.34. The number of carbonyl (C=O) groups is 7. The highest BCUT2D eigenvalue weighted by molar-refractivity contribution is 5.96. The number of methoxy groups -OCH3 is 1. The van der Waals surface area contributed by atoms with Gasteiger partial charge in [-0.1, -0.05) is 13.8 Å². The summed E-state index contributed by atoms with van der Waals surface area (Å²) in [5.41, 5.74) is 10.3. The normalized spacial score (nSPS) is 13.4. The Morgan fingerprint density at radius 2 is 1.54 bits per heavy atom. The number of aromatic amines is 1. The molecule has 4 atom stereocenters. The number of guanidine groups is 1. The molecule has 0 aromatic carbocycles. The van der Waals surface area contributed by atoms with Crippen molar-refractivity contribution >= 4 is 47.6 Å². The molecule has 0 saturated carbocycles. The monoisotopic (exact) mass is 710 g/mol. The number of rotatable bonds is 20. The highest BCUT2D eigenvalue weighted by Crippen LogP contribution is 2.09. The zero-order chi connectivity index (χ0) is 38.0. The van der Waals surface area contributed by atoms with Crippen molar-refractivity contribution in [3.05, 3.63) is 18.2 Å². The van der Waals surface area contributed by atoms with E-state index in [0.717, 1.165) is 7.11 Å². The van der Waals surface area contributed by atoms with Crippen LogP contribution in [0.5, 0.6) is 0 Å². The Morgan fingerprint density at radius 1 is 0.940 bits per heavy atom. The van der Waals surface area contributed by atoms with Gasteiger partial charge in [0.05, 0.1) is 19.9 Å². The summed E-state index contributed by atoms with van der Waals surface area (Å²) < 4.78 is 9.86. The number of imidazole rings is 1. The molecular weight excluding hydrogens is 660 g/mol. The van der Waals surface area contributed by atoms with Gasteiger partial charge in [-0.2, -0.15) is 0 Å². The molecule has 5 amide bonds. The fourth-order valence-electron chi connectivity index (χ4n) is 4.34. The third-order valence-corrected chi connectivity index (χ3v) is 6.52. The number of nitrogens with one attached hydrogen (secondary N) is 6. The van der Waals surface area contributed by atoms with Crippen molar-refractivity contribution < 1.29 is 48.1 Å². The van der Waals surface area contributed by atoms with Crippen LogP contribution in [0.2, 0.25) is 0 Å². The molecule has 11 N–H and O–H groups in total. The van der Waals surface area contributed by atoms with Gasteiger partial charge in [0.25, 0.3) is 0 Å². The van der Waals surface area contributed by atoms with Gasteiger partial charge in [-0.3, -0.25) is 29.0 Å². The number of esters is 1. The summed E-state index contributed by atoms with van der Waals surface area (Å²) >= 11 is 0. The molecule has 0 saturated heterocycles. The van der Waals surface area contributed by atoms with Gasteiger partial charge in [-0.05, 0) is 46.0 Å². The Bertz CT molecular complexity index is 1340. The number of aliphatic imine (C=N–C) groups is 1. The summed E-state index contributed by atoms with van der Waals surface area (Å²) in [5, 5.41) is 21.6. The second kappa shape index (κ2) is 20.8. The number of carbonyl (C=O) groups excluding carboxylic acids is 6. The summed E-state index contributed by atoms with van der Waals surface area (Å²) in [6.45, 7) is 8.08. The Labute approximate surface area is 289 Å². The van der Waals surface area contributed by atoms with Crippen molar-refractivity contribution in [3.8, 4) is 0 Å². The van der Waals surface area contributed by atoms with E-state index in [1.54, 1.807) is 34.6 Å². The number of amides is 5. The second-order valence-electron chi connectivity index (χ2n) is 12.6. The lowest BCUT2D eigenvalue weighted by atomic mass is 10.0. The van der Waals surface area contributed by atoms with Gasteiger partial charge < -0.3 is 57.6 Å². The number of carboxylic acid groups (broad SMARTS) is 1. The van der Waals surface area contributed by atoms with Crippen LogP contribution in [0.15, 0.2) is 17.5 Å². The van der Waals surface area contributed by atoms with E-state index in [1.807, 2.05) is 0 Å². The van der Waals surface area contributed by atoms with Gasteiger partial charge in [-0.25, -0.2) is 14.6 Å². The quantitative estimate of drug-likeness (QED) is 0.0311. The molecule has 0 aliphatic rings. The van der Waals surface area contributed by atoms with Crippen LogP contribution in [0, 0.1) is 5.92 Å². The first-order valence-electron chi connectivity index (χ1n) is 15.8. The number of carboxylic acids is 1. The van der Waals surface area contributed by atoms with Crippen LogP contribution in [0.1, 0.15) is 66.0 Å². The molecule has 1 heterocycles. The van der Waals surface area contributed by atoms with Gasteiger partial charge in [0.2, 0.25) is 23.6 Å². The first-order valence-corrected chi connectivity index (χ1v) is 15.8. The SMILES string of the molecule is COC(=O)C(CC(C)C)NC(=O)C(CC(=O)O)NC(=O)C(Cc1cnc[nH]1)NC(=O)C(CCCN=C(N)N)NC(=O)CNC(=O)OC(C)(C)C. The molecule has 1 rings (SSSR count). The van der Waals surface area contributed by atoms with E-state index >= 15 is 0 Å². The second-order valence-corrected chi connectivity index (χ2v) is 12.6. The number of aliphatic carboxylic acids is 1. The highest BCUT2D eigenvalue weighted by atomic mass is 16.6. The number of hydrogen-bond donors (Lipinski definition) is 9. The number of H-pyrrole nitrogens is 1. The number of hydrogen-bond acceptors (Lipinski definition) is 11. The van der Waals surface area contributed by atoms with Crippen molar-refractivity contribution in [2.75, 3.05) is 20.2 Å². The molecule has 0 aliphatic carbocycles. The molecule has 0 fully saturated rings. The van der Waals surface area contributed by atoms with Crippen molar-refractivity contribution in [2.24, 2.45) is 22.4 Å². The fraction of sp³-hybridized carbons (Fsp3) is 0.633. The van der Waals surface area contributed by atoms with E-state index in [9.17, 15) is 38.7 Å². The van der Waals surface area contributed by atoms with Crippen LogP contribution in [0.4, 0.5) is 4.79 Å². The Morgan fingerprint density at radius 3 is 2.08 bits per heavy atom. The molecule has 1 aromatic rings. The minimum Gasteiger partial charge on any atom is -0.481 e. The molecular formula is C30H50N10O10. The first-order chi connectivity index (χ1) is 23.3. The number of nitrogens with zero attached hydrogens (tertiary/aromatic N) is 2. The van der Waals surface area contributed by atoms with Gasteiger partial charge in [0.15, 0.2) is 5.96 Å². The molecule has 0 bridgehead atoms. The zero-order valence-corrected chi connectivity index (χ0v) is 29.2. The van der Waals surface area contributed by atoms with Crippen LogP contribution in [-0.2, 0) is 44.7 Å². The van der Waals surface area contributed by atoms with Crippen LogP contribution in [0.25, 0.3) is 0 Å². The molecule has 4 unspecified atom stereocenters. The van der Waals surface area contributed by atoms with E-state index < -0.39 is 84.4 Å². The Kier molecular flexibility index (Phi) is 17.7. The summed E-state index contributed by atoms with van der Waals surface area (Å²) in [6, 6.07) is -5.45. The molecule has 280 valence electrons. The molecule has 50 heavy (non-hydrogen) atoms. The molecule has 1 aromatic heterocycles. The topological polar surface area (TPSA) is 311 Å². The number of alkyl carbamates (subject to hydrolysis) is 1. The minimum absolute atomic E-state index is 0.00595. The van der Waals surface area contributed by atoms with Crippen LogP contribution in [-0.4, -0.2) is 113 Å². The maximum atomic E-state index is 13.6. The van der Waals surface area contributed by atoms with Crippen LogP contribution in [0.3, 0.4) is 0 Å². The van der Waals surface area contributed by atoms with Crippen LogP contribution >= 0.6 is 0 Å². The predicted molar refractivity (Wildman–Crippen MR) is 178 cm³/mol. The minimum atomic E-state index is -1.66. The predicted octanol–water partition coefficient (Wildman–Crippen LogP) is -1.84. The standard InChI is InChI=1S/C30H50N10O10/c1-16(2)10-21(27(47)49-6)40-26(46)20(12-23(42)43)39-25(45)19(11-17-13-33-15-36-17)38-24(44)18(8-7-9-34-28(31)32)37-22(41)14-35-29(48)50-30(3,4)5/h13,15-16,18-21H,7-12,14H2,1-6H3,(H,33,36)(H,35,48)(H,37,41)(H,38,44)(H,39,45)(H,40,46)(H,42,43)(H4,31,32,34). The largest absolute Gasteiger partial charge is 0.481 e. The average molecular weight is 711 g/mol. The number of aromatic nitrogens is 2. The first kappa shape index (κ1) is 42.6. The van der Waals surface area contributed by atoms with Crippen molar-refractivity contribution in [1.29, 1.82) is 0 Å². The van der Waals surface area contributed by atoms with Gasteiger partial charge in [0.1, 0.15) is 36.3 Å². The molecule has 20 nitrogen and oxygen atoms in total. The van der Waals surface area contributed by atoms with E-state index in [1.165, 1.54) is 12.5 Å². The summed E-state index contributed by atoms with van der Waals surface area (Å²) in [5.74, 6) is -5.94. The smallest absolute Gasteiger partial charge is 0.408 e. The van der Waals surface area contributed by atoms with Crippen molar-refractivity contribution in [1.82, 2.24) is 36.6 Å². The lowest BCUT2D eigenvalue weighted by molar-refractivity contribution is -0.146.